The monoisotopic (exact) mass is 843 g/mol. The fraction of sp³-hybridized carbons (Fsp3) is 0.643. The molecule has 0 unspecified atom stereocenters. The number of fused-ring (bicyclic) bond motifs is 5. The Labute approximate surface area is 343 Å². The molecule has 3 N–H and O–H groups in total. The third-order valence-corrected chi connectivity index (χ3v) is 14.6. The highest BCUT2D eigenvalue weighted by Crippen LogP contribution is 2.55. The highest BCUT2D eigenvalue weighted by molar-refractivity contribution is 7.91. The lowest BCUT2D eigenvalue weighted by Gasteiger charge is -2.41. The standard InChI is InChI=1S/C42H55F2N5O9S/c1-24(2)21-57-38(53)46-30-13-11-9-7-8-10-12-26-19-41(26,37(52)48-59(54,55)39(5)16-17-39)47-35(50)31-20-40(23-49(31)36(30)51)22-42(43,44)32-28-18-27(56-6)14-15-29(28)45-33(25(3)4)34(32)58-40/h10,12,14-15,18,24-26,30-31H,7-9,11,13,16-17,19-23H2,1-6H3,(H,46,53)(H,47,50)(H,48,52)/b12-10-/t26-,30+,31+,40+,41-/m1/s1. The van der Waals surface area contributed by atoms with Crippen molar-refractivity contribution in [2.24, 2.45) is 11.8 Å². The van der Waals surface area contributed by atoms with E-state index in [4.69, 9.17) is 19.2 Å². The number of benzene rings is 1. The van der Waals surface area contributed by atoms with Crippen molar-refractivity contribution in [2.45, 2.75) is 139 Å². The van der Waals surface area contributed by atoms with Crippen LogP contribution in [0.1, 0.15) is 116 Å². The maximum Gasteiger partial charge on any atom is 0.407 e. The SMILES string of the molecule is COc1ccc2nc(C(C)C)c3c(c2c1)C(F)(F)C[C@]1(C[C@H]2C(=O)N[C@]4(C(=O)NS(=O)(=O)C5(C)CC5)C[C@H]4/C=C\CCCCC[C@H](NC(=O)OCC(C)C)C(=O)N2C1)O3. The number of hydrogen-bond acceptors (Lipinski definition) is 10. The van der Waals surface area contributed by atoms with E-state index in [-0.39, 0.29) is 53.7 Å². The van der Waals surface area contributed by atoms with Gasteiger partial charge in [-0.05, 0) is 75.5 Å². The van der Waals surface area contributed by atoms with E-state index in [0.29, 0.717) is 49.8 Å². The molecule has 4 amide bonds. The molecule has 1 spiro atoms. The fourth-order valence-electron chi connectivity index (χ4n) is 8.59. The van der Waals surface area contributed by atoms with Crippen LogP contribution in [0, 0.1) is 11.8 Å². The van der Waals surface area contributed by atoms with Gasteiger partial charge in [-0.3, -0.25) is 19.1 Å². The van der Waals surface area contributed by atoms with E-state index in [1.54, 1.807) is 39.0 Å². The zero-order valence-corrected chi connectivity index (χ0v) is 35.3. The minimum Gasteiger partial charge on any atom is -0.497 e. The molecule has 1 aromatic carbocycles. The molecule has 2 aliphatic carbocycles. The largest absolute Gasteiger partial charge is 0.497 e. The van der Waals surface area contributed by atoms with Crippen LogP contribution in [0.3, 0.4) is 0 Å². The summed E-state index contributed by atoms with van der Waals surface area (Å²) in [6, 6.07) is 2.10. The van der Waals surface area contributed by atoms with Crippen LogP contribution in [0.25, 0.3) is 10.9 Å². The number of pyridine rings is 1. The number of halogens is 2. The Kier molecular flexibility index (Phi) is 11.2. The lowest BCUT2D eigenvalue weighted by molar-refractivity contribution is -0.141. The molecule has 3 aliphatic heterocycles. The van der Waals surface area contributed by atoms with Gasteiger partial charge in [0.25, 0.3) is 11.8 Å². The molecule has 59 heavy (non-hydrogen) atoms. The molecule has 5 aliphatic rings. The number of aromatic nitrogens is 1. The van der Waals surface area contributed by atoms with Gasteiger partial charge in [0.2, 0.25) is 21.8 Å². The number of rotatable bonds is 8. The number of alkyl carbamates (subject to hydrolysis) is 1. The number of sulfonamides is 1. The number of amides is 4. The predicted octanol–water partition coefficient (Wildman–Crippen LogP) is 5.73. The molecule has 1 aromatic heterocycles. The second-order valence-corrected chi connectivity index (χ2v) is 20.2. The summed E-state index contributed by atoms with van der Waals surface area (Å²) in [6.07, 6.45) is 5.09. The molecule has 2 saturated carbocycles. The summed E-state index contributed by atoms with van der Waals surface area (Å²) in [5.74, 6) is -6.68. The van der Waals surface area contributed by atoms with Gasteiger partial charge in [-0.15, -0.1) is 0 Å². The summed E-state index contributed by atoms with van der Waals surface area (Å²) in [5, 5.41) is 5.61. The third-order valence-electron chi connectivity index (χ3n) is 12.4. The van der Waals surface area contributed by atoms with Gasteiger partial charge in [0.1, 0.15) is 29.0 Å². The van der Waals surface area contributed by atoms with E-state index in [0.717, 1.165) is 4.90 Å². The average Bonchev–Trinajstić information content (AvgIpc) is 4.06. The Bertz CT molecular complexity index is 2180. The van der Waals surface area contributed by atoms with Crippen molar-refractivity contribution in [1.29, 1.82) is 0 Å². The maximum absolute atomic E-state index is 17.1. The van der Waals surface area contributed by atoms with Crippen molar-refractivity contribution in [3.8, 4) is 11.5 Å². The van der Waals surface area contributed by atoms with Crippen LogP contribution in [0.2, 0.25) is 0 Å². The first-order chi connectivity index (χ1) is 27.7. The number of nitrogens with zero attached hydrogens (tertiary/aromatic N) is 2. The Balaban J connectivity index is 1.29. The molecule has 3 fully saturated rings. The Morgan fingerprint density at radius 1 is 1.10 bits per heavy atom. The van der Waals surface area contributed by atoms with Gasteiger partial charge in [0.15, 0.2) is 5.75 Å². The van der Waals surface area contributed by atoms with Crippen molar-refractivity contribution < 1.29 is 50.6 Å². The van der Waals surface area contributed by atoms with Crippen LogP contribution in [-0.4, -0.2) is 90.3 Å². The number of ether oxygens (including phenoxy) is 3. The zero-order valence-electron chi connectivity index (χ0n) is 34.5. The quantitative estimate of drug-likeness (QED) is 0.278. The average molecular weight is 844 g/mol. The van der Waals surface area contributed by atoms with Crippen molar-refractivity contribution in [2.75, 3.05) is 20.3 Å². The van der Waals surface area contributed by atoms with Crippen molar-refractivity contribution >= 4 is 44.7 Å². The van der Waals surface area contributed by atoms with Crippen molar-refractivity contribution in [1.82, 2.24) is 25.2 Å². The smallest absolute Gasteiger partial charge is 0.407 e. The van der Waals surface area contributed by atoms with Gasteiger partial charge >= 0.3 is 6.09 Å². The van der Waals surface area contributed by atoms with Crippen LogP contribution in [0.4, 0.5) is 13.6 Å². The first-order valence-electron chi connectivity index (χ1n) is 20.6. The van der Waals surface area contributed by atoms with E-state index in [1.807, 2.05) is 19.9 Å². The number of allylic oxidation sites excluding steroid dienone is 1. The first kappa shape index (κ1) is 42.6. The number of nitrogens with one attached hydrogen (secondary N) is 3. The van der Waals surface area contributed by atoms with Crippen LogP contribution >= 0.6 is 0 Å². The number of carbonyl (C=O) groups excluding carboxylic acids is 4. The number of methoxy groups -OCH3 is 1. The van der Waals surface area contributed by atoms with Crippen LogP contribution < -0.4 is 24.8 Å². The minimum atomic E-state index is -4.09. The van der Waals surface area contributed by atoms with Crippen molar-refractivity contribution in [3.05, 3.63) is 41.6 Å². The van der Waals surface area contributed by atoms with E-state index < -0.39 is 93.0 Å². The summed E-state index contributed by atoms with van der Waals surface area (Å²) < 4.78 is 79.1. The van der Waals surface area contributed by atoms with Gasteiger partial charge in [0, 0.05) is 17.7 Å². The Morgan fingerprint density at radius 2 is 1.85 bits per heavy atom. The van der Waals surface area contributed by atoms with Gasteiger partial charge in [-0.2, -0.15) is 0 Å². The maximum atomic E-state index is 17.1. The second-order valence-electron chi connectivity index (χ2n) is 18.0. The summed E-state index contributed by atoms with van der Waals surface area (Å²) in [4.78, 5) is 62.4. The zero-order chi connectivity index (χ0) is 42.7. The number of alkyl halides is 2. The Morgan fingerprint density at radius 3 is 2.53 bits per heavy atom. The number of hydrogen-bond donors (Lipinski definition) is 3. The van der Waals surface area contributed by atoms with Gasteiger partial charge in [0.05, 0.1) is 48.2 Å². The fourth-order valence-corrected chi connectivity index (χ4v) is 9.90. The summed E-state index contributed by atoms with van der Waals surface area (Å²) >= 11 is 0. The highest BCUT2D eigenvalue weighted by atomic mass is 32.2. The normalized spacial score (nSPS) is 29.3. The summed E-state index contributed by atoms with van der Waals surface area (Å²) in [5.41, 5.74) is -3.25. The van der Waals surface area contributed by atoms with Gasteiger partial charge < -0.3 is 29.7 Å². The third kappa shape index (κ3) is 8.19. The highest BCUT2D eigenvalue weighted by Gasteiger charge is 2.65. The molecule has 322 valence electrons. The minimum absolute atomic E-state index is 0.0123. The summed E-state index contributed by atoms with van der Waals surface area (Å²) in [7, 11) is -2.66. The molecule has 1 saturated heterocycles. The topological polar surface area (TPSA) is 182 Å². The molecule has 14 nitrogen and oxygen atoms in total. The predicted molar refractivity (Wildman–Crippen MR) is 213 cm³/mol. The molecule has 17 heteroatoms. The molecule has 0 bridgehead atoms. The van der Waals surface area contributed by atoms with E-state index in [9.17, 15) is 27.6 Å². The molecule has 4 heterocycles. The molecule has 2 aromatic rings. The van der Waals surface area contributed by atoms with Crippen LogP contribution in [0.15, 0.2) is 30.4 Å². The lowest BCUT2D eigenvalue weighted by Crippen LogP contribution is -2.58. The van der Waals surface area contributed by atoms with Crippen LogP contribution in [0.5, 0.6) is 11.5 Å². The van der Waals surface area contributed by atoms with Gasteiger partial charge in [-0.1, -0.05) is 52.7 Å². The molecular weight excluding hydrogens is 789 g/mol. The lowest BCUT2D eigenvalue weighted by atomic mass is 9.83. The van der Waals surface area contributed by atoms with Gasteiger partial charge in [-0.25, -0.2) is 27.0 Å². The summed E-state index contributed by atoms with van der Waals surface area (Å²) in [6.45, 7) is 8.51. The van der Waals surface area contributed by atoms with E-state index >= 15 is 8.78 Å². The second kappa shape index (κ2) is 15.5. The first-order valence-corrected chi connectivity index (χ1v) is 22.1. The molecule has 7 rings (SSSR count). The number of carbonyl (C=O) groups is 4. The van der Waals surface area contributed by atoms with Crippen LogP contribution in [-0.2, 0) is 35.1 Å². The van der Waals surface area contributed by atoms with Crippen molar-refractivity contribution in [3.63, 3.8) is 0 Å². The van der Waals surface area contributed by atoms with E-state index in [1.165, 1.54) is 13.2 Å². The molecule has 5 atom stereocenters. The Hall–Kier alpha value is -4.54. The molecular formula is C42H55F2N5O9S. The molecule has 0 radical (unpaired) electrons. The van der Waals surface area contributed by atoms with E-state index in [2.05, 4.69) is 15.4 Å².